The number of hydrogen-bond acceptors (Lipinski definition) is 5. The largest absolute Gasteiger partial charge is 0.383 e. The Hall–Kier alpha value is -0.820. The average Bonchev–Trinajstić information content (AvgIpc) is 2.46. The molecule has 1 atom stereocenters. The number of nitrogen functional groups attached to an aromatic ring is 1. The molecule has 0 saturated carbocycles. The molecule has 6 nitrogen and oxygen atoms in total. The van der Waals surface area contributed by atoms with Crippen LogP contribution in [-0.2, 0) is 11.2 Å². The maximum Gasteiger partial charge on any atom is 0.239 e. The Balaban J connectivity index is 0.00000264. The second kappa shape index (κ2) is 10.2. The minimum Gasteiger partial charge on any atom is -0.383 e. The number of carbonyl (C=O) groups excluding carboxylic acids is 1. The van der Waals surface area contributed by atoms with Crippen LogP contribution in [0, 0.1) is 12.8 Å². The van der Waals surface area contributed by atoms with E-state index in [4.69, 9.17) is 23.1 Å². The van der Waals surface area contributed by atoms with Crippen LogP contribution in [0.3, 0.4) is 0 Å². The van der Waals surface area contributed by atoms with Crippen molar-refractivity contribution in [2.45, 2.75) is 45.6 Å². The Bertz CT molecular complexity index is 525. The maximum absolute atomic E-state index is 11.9. The van der Waals surface area contributed by atoms with Crippen molar-refractivity contribution in [2.75, 3.05) is 18.8 Å². The zero-order valence-electron chi connectivity index (χ0n) is 14.0. The van der Waals surface area contributed by atoms with Gasteiger partial charge in [0.15, 0.2) is 0 Å². The molecule has 0 aromatic carbocycles. The highest BCUT2D eigenvalue weighted by Gasteiger charge is 2.24. The lowest BCUT2D eigenvalue weighted by molar-refractivity contribution is -0.133. The molecule has 1 amide bonds. The number of amides is 1. The van der Waals surface area contributed by atoms with Crippen molar-refractivity contribution < 1.29 is 4.79 Å². The molecule has 0 spiro atoms. The van der Waals surface area contributed by atoms with Gasteiger partial charge >= 0.3 is 0 Å². The Labute approximate surface area is 160 Å². The number of halogens is 3. The fourth-order valence-corrected chi connectivity index (χ4v) is 3.21. The lowest BCUT2D eigenvalue weighted by Crippen LogP contribution is -2.45. The van der Waals surface area contributed by atoms with Gasteiger partial charge in [-0.25, -0.2) is 9.97 Å². The average molecular weight is 399 g/mol. The van der Waals surface area contributed by atoms with E-state index in [-0.39, 0.29) is 30.7 Å². The van der Waals surface area contributed by atoms with Crippen LogP contribution in [0.1, 0.15) is 37.6 Å². The molecule has 0 radical (unpaired) electrons. The Morgan fingerprint density at radius 1 is 1.33 bits per heavy atom. The van der Waals surface area contributed by atoms with E-state index in [0.717, 1.165) is 44.3 Å². The highest BCUT2D eigenvalue weighted by molar-refractivity contribution is 6.30. The van der Waals surface area contributed by atoms with Crippen molar-refractivity contribution in [1.29, 1.82) is 0 Å². The molecule has 1 fully saturated rings. The predicted octanol–water partition coefficient (Wildman–Crippen LogP) is 2.38. The molecule has 138 valence electrons. The van der Waals surface area contributed by atoms with E-state index in [1.54, 1.807) is 13.8 Å². The Kier molecular flexibility index (Phi) is 9.88. The molecule has 24 heavy (non-hydrogen) atoms. The standard InChI is InChI=1S/C15H24ClN5O.2ClH/c1-9(17)15(22)21-7-5-11(6-8-21)3-4-12-13(16)19-10(2)20-14(12)18;;/h9,11H,3-8,17H2,1-2H3,(H2,18,19,20);2*1H. The first kappa shape index (κ1) is 23.2. The highest BCUT2D eigenvalue weighted by Crippen LogP contribution is 2.26. The number of rotatable bonds is 4. The van der Waals surface area contributed by atoms with Gasteiger partial charge in [0.1, 0.15) is 16.8 Å². The van der Waals surface area contributed by atoms with Gasteiger partial charge in [-0.3, -0.25) is 4.79 Å². The molecule has 4 N–H and O–H groups in total. The maximum atomic E-state index is 11.9. The third-order valence-electron chi connectivity index (χ3n) is 4.22. The summed E-state index contributed by atoms with van der Waals surface area (Å²) in [5, 5.41) is 0.453. The van der Waals surface area contributed by atoms with Crippen LogP contribution in [0.2, 0.25) is 5.15 Å². The van der Waals surface area contributed by atoms with Crippen LogP contribution in [-0.4, -0.2) is 39.9 Å². The summed E-state index contributed by atoms with van der Waals surface area (Å²) in [4.78, 5) is 22.0. The summed E-state index contributed by atoms with van der Waals surface area (Å²) < 4.78 is 0. The van der Waals surface area contributed by atoms with Crippen LogP contribution in [0.4, 0.5) is 5.82 Å². The predicted molar refractivity (Wildman–Crippen MR) is 102 cm³/mol. The number of anilines is 1. The molecular formula is C15H26Cl3N5O. The number of nitrogens with zero attached hydrogens (tertiary/aromatic N) is 3. The van der Waals surface area contributed by atoms with E-state index >= 15 is 0 Å². The summed E-state index contributed by atoms with van der Waals surface area (Å²) >= 11 is 6.15. The fraction of sp³-hybridized carbons (Fsp3) is 0.667. The molecule has 0 aliphatic carbocycles. The molecule has 1 saturated heterocycles. The molecular weight excluding hydrogens is 373 g/mol. The normalized spacial score (nSPS) is 16.1. The zero-order chi connectivity index (χ0) is 16.3. The van der Waals surface area contributed by atoms with E-state index in [2.05, 4.69) is 9.97 Å². The number of nitrogens with two attached hydrogens (primary N) is 2. The molecule has 1 aliphatic heterocycles. The fourth-order valence-electron chi connectivity index (χ4n) is 2.89. The third-order valence-corrected chi connectivity index (χ3v) is 4.53. The van der Waals surface area contributed by atoms with Gasteiger partial charge in [0, 0.05) is 18.7 Å². The molecule has 2 rings (SSSR count). The second-order valence-corrected chi connectivity index (χ2v) is 6.38. The van der Waals surface area contributed by atoms with Gasteiger partial charge in [-0.2, -0.15) is 0 Å². The van der Waals surface area contributed by atoms with Crippen LogP contribution < -0.4 is 11.5 Å². The van der Waals surface area contributed by atoms with E-state index in [1.165, 1.54) is 0 Å². The smallest absolute Gasteiger partial charge is 0.239 e. The number of carbonyl (C=O) groups is 1. The van der Waals surface area contributed by atoms with Crippen molar-refractivity contribution in [3.63, 3.8) is 0 Å². The van der Waals surface area contributed by atoms with E-state index in [9.17, 15) is 4.79 Å². The summed E-state index contributed by atoms with van der Waals surface area (Å²) in [7, 11) is 0. The number of piperidine rings is 1. The first-order valence-corrected chi connectivity index (χ1v) is 8.09. The van der Waals surface area contributed by atoms with Crippen molar-refractivity contribution in [2.24, 2.45) is 11.7 Å². The van der Waals surface area contributed by atoms with Crippen molar-refractivity contribution in [3.05, 3.63) is 16.5 Å². The second-order valence-electron chi connectivity index (χ2n) is 6.02. The van der Waals surface area contributed by atoms with Crippen molar-refractivity contribution >= 4 is 48.1 Å². The van der Waals surface area contributed by atoms with Crippen LogP contribution >= 0.6 is 36.4 Å². The first-order valence-electron chi connectivity index (χ1n) is 7.71. The summed E-state index contributed by atoms with van der Waals surface area (Å²) in [5.41, 5.74) is 12.4. The minimum absolute atomic E-state index is 0. The van der Waals surface area contributed by atoms with Gasteiger partial charge in [0.05, 0.1) is 6.04 Å². The van der Waals surface area contributed by atoms with Gasteiger partial charge in [0.25, 0.3) is 0 Å². The van der Waals surface area contributed by atoms with Gasteiger partial charge in [0.2, 0.25) is 5.91 Å². The molecule has 1 aromatic heterocycles. The summed E-state index contributed by atoms with van der Waals surface area (Å²) in [6, 6.07) is -0.417. The minimum atomic E-state index is -0.417. The van der Waals surface area contributed by atoms with Crippen LogP contribution in [0.25, 0.3) is 0 Å². The van der Waals surface area contributed by atoms with Crippen molar-refractivity contribution in [1.82, 2.24) is 14.9 Å². The number of aryl methyl sites for hydroxylation is 1. The summed E-state index contributed by atoms with van der Waals surface area (Å²) in [6.45, 7) is 5.06. The quantitative estimate of drug-likeness (QED) is 0.759. The molecule has 1 aliphatic rings. The highest BCUT2D eigenvalue weighted by atomic mass is 35.5. The SMILES string of the molecule is Cc1nc(N)c(CCC2CCN(C(=O)C(C)N)CC2)c(Cl)n1.Cl.Cl. The van der Waals surface area contributed by atoms with Gasteiger partial charge < -0.3 is 16.4 Å². The van der Waals surface area contributed by atoms with Crippen LogP contribution in [0.15, 0.2) is 0 Å². The number of hydrogen-bond donors (Lipinski definition) is 2. The molecule has 1 unspecified atom stereocenters. The third kappa shape index (κ3) is 5.92. The topological polar surface area (TPSA) is 98.1 Å². The van der Waals surface area contributed by atoms with Crippen LogP contribution in [0.5, 0.6) is 0 Å². The lowest BCUT2D eigenvalue weighted by atomic mass is 9.90. The van der Waals surface area contributed by atoms with E-state index in [0.29, 0.717) is 22.7 Å². The Morgan fingerprint density at radius 2 is 1.92 bits per heavy atom. The molecule has 1 aromatic rings. The molecule has 9 heteroatoms. The molecule has 2 heterocycles. The Morgan fingerprint density at radius 3 is 2.42 bits per heavy atom. The van der Waals surface area contributed by atoms with Gasteiger partial charge in [-0.15, -0.1) is 24.8 Å². The lowest BCUT2D eigenvalue weighted by Gasteiger charge is -2.33. The molecule has 0 bridgehead atoms. The van der Waals surface area contributed by atoms with E-state index < -0.39 is 6.04 Å². The van der Waals surface area contributed by atoms with Gasteiger partial charge in [-0.05, 0) is 45.4 Å². The van der Waals surface area contributed by atoms with E-state index in [1.807, 2.05) is 4.90 Å². The zero-order valence-corrected chi connectivity index (χ0v) is 16.4. The first-order chi connectivity index (χ1) is 10.4. The number of aromatic nitrogens is 2. The van der Waals surface area contributed by atoms with Crippen molar-refractivity contribution in [3.8, 4) is 0 Å². The summed E-state index contributed by atoms with van der Waals surface area (Å²) in [5.74, 6) is 1.67. The number of likely N-dealkylation sites (tertiary alicyclic amines) is 1. The monoisotopic (exact) mass is 397 g/mol. The summed E-state index contributed by atoms with van der Waals surface area (Å²) in [6.07, 6.45) is 3.73. The van der Waals surface area contributed by atoms with Gasteiger partial charge in [-0.1, -0.05) is 11.6 Å².